The van der Waals surface area contributed by atoms with Gasteiger partial charge in [-0.15, -0.1) is 5.10 Å². The van der Waals surface area contributed by atoms with Crippen LogP contribution in [0.4, 0.5) is 5.82 Å². The number of halogens is 1. The molecule has 5 rings (SSSR count). The van der Waals surface area contributed by atoms with E-state index >= 15 is 0 Å². The Morgan fingerprint density at radius 1 is 1.10 bits per heavy atom. The summed E-state index contributed by atoms with van der Waals surface area (Å²) in [5.74, 6) is 0.426. The van der Waals surface area contributed by atoms with Gasteiger partial charge in [0.25, 0.3) is 5.91 Å². The maximum Gasteiger partial charge on any atom is 0.292 e. The molecule has 0 aliphatic rings. The maximum absolute atomic E-state index is 13.3. The molecule has 0 spiro atoms. The molecule has 3 N–H and O–H groups in total. The van der Waals surface area contributed by atoms with Gasteiger partial charge in [0.1, 0.15) is 12.3 Å². The predicted molar refractivity (Wildman–Crippen MR) is 152 cm³/mol. The van der Waals surface area contributed by atoms with Crippen LogP contribution in [-0.2, 0) is 6.61 Å². The Kier molecular flexibility index (Phi) is 7.92. The van der Waals surface area contributed by atoms with Crippen LogP contribution in [0.1, 0.15) is 32.7 Å². The molecule has 208 valence electrons. The molecule has 13 heteroatoms. The minimum Gasteiger partial charge on any atom is -0.493 e. The first-order chi connectivity index (χ1) is 19.9. The minimum absolute atomic E-state index is 0.0248. The smallest absolute Gasteiger partial charge is 0.292 e. The van der Waals surface area contributed by atoms with E-state index in [0.29, 0.717) is 34.9 Å². The van der Waals surface area contributed by atoms with Crippen molar-refractivity contribution in [3.05, 3.63) is 93.6 Å². The Hall–Kier alpha value is -5.23. The van der Waals surface area contributed by atoms with Gasteiger partial charge < -0.3 is 15.2 Å². The first kappa shape index (κ1) is 27.3. The molecule has 0 aliphatic carbocycles. The van der Waals surface area contributed by atoms with Gasteiger partial charge in [0.2, 0.25) is 11.6 Å². The lowest BCUT2D eigenvalue weighted by Gasteiger charge is -2.13. The summed E-state index contributed by atoms with van der Waals surface area (Å²) in [5.41, 5.74) is 12.9. The Morgan fingerprint density at radius 3 is 2.54 bits per heavy atom. The molecule has 0 bridgehead atoms. The summed E-state index contributed by atoms with van der Waals surface area (Å²) in [6.45, 7) is 4.22. The van der Waals surface area contributed by atoms with E-state index in [-0.39, 0.29) is 17.3 Å². The number of nitrogens with zero attached hydrogens (tertiary/aromatic N) is 6. The van der Waals surface area contributed by atoms with E-state index in [0.717, 1.165) is 26.4 Å². The third-order valence-electron chi connectivity index (χ3n) is 6.09. The first-order valence-electron chi connectivity index (χ1n) is 12.3. The second-order valence-corrected chi connectivity index (χ2v) is 9.36. The van der Waals surface area contributed by atoms with Gasteiger partial charge in [-0.3, -0.25) is 4.79 Å². The number of aryl methyl sites for hydroxylation is 2. The molecule has 2 heterocycles. The van der Waals surface area contributed by atoms with Crippen LogP contribution in [0.25, 0.3) is 17.1 Å². The second-order valence-electron chi connectivity index (χ2n) is 8.98. The van der Waals surface area contributed by atoms with Crippen molar-refractivity contribution in [2.75, 3.05) is 12.8 Å². The van der Waals surface area contributed by atoms with E-state index in [1.807, 2.05) is 44.2 Å². The van der Waals surface area contributed by atoms with E-state index in [9.17, 15) is 4.79 Å². The molecule has 1 amide bonds. The number of carbonyl (C=O) groups is 1. The molecule has 0 fully saturated rings. The summed E-state index contributed by atoms with van der Waals surface area (Å²) in [6.07, 6.45) is 1.48. The zero-order valence-corrected chi connectivity index (χ0v) is 23.1. The number of nitrogens with one attached hydrogen (secondary N) is 1. The molecule has 41 heavy (non-hydrogen) atoms. The van der Waals surface area contributed by atoms with E-state index < -0.39 is 5.91 Å². The fourth-order valence-electron chi connectivity index (χ4n) is 4.15. The molecule has 5 aromatic rings. The first-order valence-corrected chi connectivity index (χ1v) is 12.7. The molecule has 0 atom stereocenters. The van der Waals surface area contributed by atoms with Crippen LogP contribution in [0.15, 0.2) is 70.4 Å². The Bertz CT molecular complexity index is 1710. The van der Waals surface area contributed by atoms with Crippen molar-refractivity contribution in [2.45, 2.75) is 20.5 Å². The molecule has 0 aliphatic heterocycles. The van der Waals surface area contributed by atoms with Crippen LogP contribution >= 0.6 is 11.6 Å². The quantitative estimate of drug-likeness (QED) is 0.191. The van der Waals surface area contributed by atoms with Gasteiger partial charge in [0, 0.05) is 10.6 Å². The van der Waals surface area contributed by atoms with Gasteiger partial charge in [-0.1, -0.05) is 59.3 Å². The third kappa shape index (κ3) is 5.87. The number of benzene rings is 3. The van der Waals surface area contributed by atoms with Crippen LogP contribution in [0.3, 0.4) is 0 Å². The number of rotatable bonds is 9. The van der Waals surface area contributed by atoms with Crippen LogP contribution in [-0.4, -0.2) is 44.5 Å². The number of aromatic nitrogens is 5. The number of nitrogen functional groups attached to an aromatic ring is 1. The normalized spacial score (nSPS) is 11.1. The van der Waals surface area contributed by atoms with Crippen molar-refractivity contribution in [2.24, 2.45) is 5.10 Å². The zero-order chi connectivity index (χ0) is 28.9. The number of nitrogens with two attached hydrogens (primary N) is 1. The molecule has 0 radical (unpaired) electrons. The summed E-state index contributed by atoms with van der Waals surface area (Å²) >= 11 is 6.29. The average Bonchev–Trinajstić information content (AvgIpc) is 3.61. The van der Waals surface area contributed by atoms with Gasteiger partial charge in [0.15, 0.2) is 17.2 Å². The van der Waals surface area contributed by atoms with Crippen molar-refractivity contribution in [3.63, 3.8) is 0 Å². The average molecular weight is 573 g/mol. The van der Waals surface area contributed by atoms with Crippen LogP contribution in [0.2, 0.25) is 5.02 Å². The van der Waals surface area contributed by atoms with Crippen molar-refractivity contribution in [3.8, 4) is 28.6 Å². The number of hydrogen-bond acceptors (Lipinski definition) is 10. The highest BCUT2D eigenvalue weighted by atomic mass is 35.5. The number of hydrazone groups is 1. The Morgan fingerprint density at radius 2 is 1.85 bits per heavy atom. The molecule has 0 unspecified atom stereocenters. The number of amides is 1. The van der Waals surface area contributed by atoms with Crippen molar-refractivity contribution in [1.82, 2.24) is 30.7 Å². The highest BCUT2D eigenvalue weighted by Gasteiger charge is 2.25. The molecule has 3 aromatic carbocycles. The lowest BCUT2D eigenvalue weighted by molar-refractivity contribution is 0.0947. The lowest BCUT2D eigenvalue weighted by atomic mass is 10.1. The summed E-state index contributed by atoms with van der Waals surface area (Å²) in [7, 11) is 1.56. The summed E-state index contributed by atoms with van der Waals surface area (Å²) in [4.78, 5) is 13.3. The molecular formula is C28H25ClN8O4. The molecule has 0 saturated carbocycles. The van der Waals surface area contributed by atoms with E-state index in [2.05, 4.69) is 35.8 Å². The molecule has 2 aromatic heterocycles. The fraction of sp³-hybridized carbons (Fsp3) is 0.143. The maximum atomic E-state index is 13.3. The largest absolute Gasteiger partial charge is 0.493 e. The van der Waals surface area contributed by atoms with Crippen LogP contribution < -0.4 is 20.6 Å². The fourth-order valence-corrected chi connectivity index (χ4v) is 4.26. The van der Waals surface area contributed by atoms with Crippen LogP contribution in [0, 0.1) is 13.8 Å². The number of methoxy groups -OCH3 is 1. The van der Waals surface area contributed by atoms with Gasteiger partial charge in [-0.2, -0.15) is 9.78 Å². The summed E-state index contributed by atoms with van der Waals surface area (Å²) < 4.78 is 17.3. The van der Waals surface area contributed by atoms with Crippen molar-refractivity contribution in [1.29, 1.82) is 0 Å². The third-order valence-corrected chi connectivity index (χ3v) is 6.68. The van der Waals surface area contributed by atoms with Crippen molar-refractivity contribution >= 4 is 29.5 Å². The van der Waals surface area contributed by atoms with Gasteiger partial charge in [0.05, 0.1) is 13.3 Å². The summed E-state index contributed by atoms with van der Waals surface area (Å²) in [5, 5.41) is 20.4. The highest BCUT2D eigenvalue weighted by molar-refractivity contribution is 6.32. The SMILES string of the molecule is COc1ccc(/C=N\NC(=O)c2c(-c3ccccc3)nnn2-c2nonc2N)cc1OCc1cc(C)c(Cl)c(C)c1. The number of carbonyl (C=O) groups excluding carboxylic acids is 1. The summed E-state index contributed by atoms with van der Waals surface area (Å²) in [6, 6.07) is 18.3. The standard InChI is InChI=1S/C28H25ClN8O4/c1-16-11-19(12-17(2)23(16)29)15-40-22-13-18(9-10-21(22)39-3)14-31-33-28(38)25-24(20-7-5-4-6-8-20)32-36-37(25)27-26(30)34-41-35-27/h4-14H,15H2,1-3H3,(H2,30,34)(H,33,38)/b31-14-. The monoisotopic (exact) mass is 572 g/mol. The highest BCUT2D eigenvalue weighted by Crippen LogP contribution is 2.30. The molecular weight excluding hydrogens is 548 g/mol. The topological polar surface area (TPSA) is 156 Å². The minimum atomic E-state index is -0.606. The van der Waals surface area contributed by atoms with Gasteiger partial charge in [-0.05, 0) is 64.6 Å². The lowest BCUT2D eigenvalue weighted by Crippen LogP contribution is -2.22. The van der Waals surface area contributed by atoms with Gasteiger partial charge in [-0.25, -0.2) is 10.1 Å². The van der Waals surface area contributed by atoms with Gasteiger partial charge >= 0.3 is 0 Å². The zero-order valence-electron chi connectivity index (χ0n) is 22.3. The van der Waals surface area contributed by atoms with Crippen LogP contribution in [0.5, 0.6) is 11.5 Å². The Labute approximate surface area is 239 Å². The molecule has 12 nitrogen and oxygen atoms in total. The molecule has 0 saturated heterocycles. The predicted octanol–water partition coefficient (Wildman–Crippen LogP) is 4.52. The Balaban J connectivity index is 1.36. The van der Waals surface area contributed by atoms with E-state index in [4.69, 9.17) is 26.8 Å². The van der Waals surface area contributed by atoms with E-state index in [1.54, 1.807) is 37.4 Å². The second kappa shape index (κ2) is 11.9. The number of ether oxygens (including phenoxy) is 2. The van der Waals surface area contributed by atoms with E-state index in [1.165, 1.54) is 6.21 Å². The van der Waals surface area contributed by atoms with Crippen molar-refractivity contribution < 1.29 is 18.9 Å². The number of anilines is 1. The number of hydrogen-bond donors (Lipinski definition) is 2.